The van der Waals surface area contributed by atoms with Gasteiger partial charge in [0.2, 0.25) is 0 Å². The maximum Gasteiger partial charge on any atom is 0.321 e. The van der Waals surface area contributed by atoms with Crippen LogP contribution in [0.5, 0.6) is 11.5 Å². The zero-order chi connectivity index (χ0) is 23.3. The van der Waals surface area contributed by atoms with Crippen molar-refractivity contribution < 1.29 is 19.4 Å². The summed E-state index contributed by atoms with van der Waals surface area (Å²) in [6.07, 6.45) is 0. The van der Waals surface area contributed by atoms with Crippen molar-refractivity contribution in [2.24, 2.45) is 0 Å². The molecule has 1 saturated heterocycles. The first-order chi connectivity index (χ1) is 15.9. The van der Waals surface area contributed by atoms with E-state index in [1.807, 2.05) is 42.5 Å². The Hall–Kier alpha value is -2.96. The molecule has 2 atom stereocenters. The van der Waals surface area contributed by atoms with E-state index in [1.54, 1.807) is 11.8 Å². The van der Waals surface area contributed by atoms with Gasteiger partial charge in [-0.1, -0.05) is 68.4 Å². The van der Waals surface area contributed by atoms with Crippen LogP contribution < -0.4 is 14.8 Å². The summed E-state index contributed by atoms with van der Waals surface area (Å²) in [4.78, 5) is 11.1. The second-order valence-electron chi connectivity index (χ2n) is 8.55. The van der Waals surface area contributed by atoms with E-state index in [0.717, 1.165) is 17.1 Å². The summed E-state index contributed by atoms with van der Waals surface area (Å²) >= 11 is 1.61. The van der Waals surface area contributed by atoms with Crippen molar-refractivity contribution in [2.45, 2.75) is 30.7 Å². The van der Waals surface area contributed by atoms with Gasteiger partial charge in [0.25, 0.3) is 0 Å². The summed E-state index contributed by atoms with van der Waals surface area (Å²) in [6, 6.07) is 26.0. The molecule has 1 aliphatic heterocycles. The van der Waals surface area contributed by atoms with E-state index in [1.165, 1.54) is 11.1 Å². The average Bonchev–Trinajstić information content (AvgIpc) is 3.34. The molecule has 0 spiro atoms. The number of carbonyl (C=O) groups is 1. The van der Waals surface area contributed by atoms with E-state index in [2.05, 4.69) is 55.6 Å². The Morgan fingerprint density at radius 1 is 0.909 bits per heavy atom. The van der Waals surface area contributed by atoms with Crippen molar-refractivity contribution in [2.75, 3.05) is 19.0 Å². The molecule has 1 aliphatic rings. The predicted molar refractivity (Wildman–Crippen MR) is 132 cm³/mol. The van der Waals surface area contributed by atoms with Crippen molar-refractivity contribution in [3.8, 4) is 11.5 Å². The fourth-order valence-corrected chi connectivity index (χ4v) is 5.09. The SMILES string of the molecule is CC(C)(c1ccccc1)c1ccc(OCCOc2ccc(C3NC(C(=O)O)CS3)cc2)cc1. The fraction of sp³-hybridized carbons (Fsp3) is 0.296. The predicted octanol–water partition coefficient (Wildman–Crippen LogP) is 5.26. The van der Waals surface area contributed by atoms with Crippen LogP contribution in [0.1, 0.15) is 35.9 Å². The summed E-state index contributed by atoms with van der Waals surface area (Å²) in [5, 5.41) is 12.2. The van der Waals surface area contributed by atoms with Gasteiger partial charge in [0.1, 0.15) is 30.8 Å². The number of carboxylic acids is 1. The minimum Gasteiger partial charge on any atom is -0.490 e. The highest BCUT2D eigenvalue weighted by Crippen LogP contribution is 2.34. The molecule has 3 aromatic rings. The van der Waals surface area contributed by atoms with Crippen LogP contribution in [0.3, 0.4) is 0 Å². The maximum atomic E-state index is 11.1. The van der Waals surface area contributed by atoms with Gasteiger partial charge in [-0.2, -0.15) is 0 Å². The molecule has 0 aliphatic carbocycles. The van der Waals surface area contributed by atoms with E-state index in [-0.39, 0.29) is 10.8 Å². The minimum atomic E-state index is -0.806. The molecule has 3 aromatic carbocycles. The second kappa shape index (κ2) is 10.3. The lowest BCUT2D eigenvalue weighted by Gasteiger charge is -2.26. The van der Waals surface area contributed by atoms with Crippen LogP contribution in [-0.4, -0.2) is 36.1 Å². The summed E-state index contributed by atoms with van der Waals surface area (Å²) in [7, 11) is 0. The van der Waals surface area contributed by atoms with E-state index in [4.69, 9.17) is 14.6 Å². The third-order valence-corrected chi connectivity index (χ3v) is 7.22. The molecule has 0 aromatic heterocycles. The van der Waals surface area contributed by atoms with E-state index in [9.17, 15) is 4.79 Å². The van der Waals surface area contributed by atoms with Crippen LogP contribution in [0.15, 0.2) is 78.9 Å². The standard InChI is InChI=1S/C27H29NO4S/c1-27(2,20-6-4-3-5-7-20)21-10-14-23(15-11-21)32-17-16-31-22-12-8-19(9-13-22)25-28-24(18-33-25)26(29)30/h3-15,24-25,28H,16-18H2,1-2H3,(H,29,30). The van der Waals surface area contributed by atoms with Gasteiger partial charge < -0.3 is 14.6 Å². The quantitative estimate of drug-likeness (QED) is 0.422. The number of carboxylic acid groups (broad SMARTS) is 1. The van der Waals surface area contributed by atoms with Gasteiger partial charge in [-0.05, 0) is 41.0 Å². The van der Waals surface area contributed by atoms with Crippen molar-refractivity contribution >= 4 is 17.7 Å². The largest absolute Gasteiger partial charge is 0.490 e. The molecule has 4 rings (SSSR count). The highest BCUT2D eigenvalue weighted by atomic mass is 32.2. The number of thioether (sulfide) groups is 1. The topological polar surface area (TPSA) is 67.8 Å². The van der Waals surface area contributed by atoms with Crippen LogP contribution in [0.4, 0.5) is 0 Å². The Bertz CT molecular complexity index is 1050. The van der Waals surface area contributed by atoms with E-state index in [0.29, 0.717) is 19.0 Å². The number of ether oxygens (including phenoxy) is 2. The van der Waals surface area contributed by atoms with Crippen LogP contribution in [0, 0.1) is 0 Å². The van der Waals surface area contributed by atoms with Gasteiger partial charge in [0.15, 0.2) is 0 Å². The van der Waals surface area contributed by atoms with Crippen LogP contribution >= 0.6 is 11.8 Å². The minimum absolute atomic E-state index is 0.00155. The van der Waals surface area contributed by atoms with Gasteiger partial charge in [0.05, 0.1) is 5.37 Å². The highest BCUT2D eigenvalue weighted by molar-refractivity contribution is 7.99. The Morgan fingerprint density at radius 2 is 1.45 bits per heavy atom. The Balaban J connectivity index is 1.24. The molecule has 0 bridgehead atoms. The molecule has 5 nitrogen and oxygen atoms in total. The molecule has 172 valence electrons. The first-order valence-corrected chi connectivity index (χ1v) is 12.1. The van der Waals surface area contributed by atoms with Crippen LogP contribution in [0.25, 0.3) is 0 Å². The molecule has 0 saturated carbocycles. The third-order valence-electron chi connectivity index (χ3n) is 5.96. The molecular formula is C27H29NO4S. The number of aliphatic carboxylic acids is 1. The second-order valence-corrected chi connectivity index (χ2v) is 9.69. The van der Waals surface area contributed by atoms with E-state index < -0.39 is 12.0 Å². The maximum absolute atomic E-state index is 11.1. The normalized spacial score (nSPS) is 18.1. The zero-order valence-corrected chi connectivity index (χ0v) is 19.7. The molecule has 1 fully saturated rings. The van der Waals surface area contributed by atoms with Gasteiger partial charge in [0, 0.05) is 11.2 Å². The van der Waals surface area contributed by atoms with Crippen LogP contribution in [0.2, 0.25) is 0 Å². The van der Waals surface area contributed by atoms with E-state index >= 15 is 0 Å². The Labute approximate surface area is 199 Å². The van der Waals surface area contributed by atoms with Gasteiger partial charge in [-0.15, -0.1) is 11.8 Å². The lowest BCUT2D eigenvalue weighted by atomic mass is 9.78. The van der Waals surface area contributed by atoms with Crippen molar-refractivity contribution in [3.05, 3.63) is 95.6 Å². The monoisotopic (exact) mass is 463 g/mol. The summed E-state index contributed by atoms with van der Waals surface area (Å²) in [5.41, 5.74) is 3.49. The summed E-state index contributed by atoms with van der Waals surface area (Å²) in [6.45, 7) is 5.34. The lowest BCUT2D eigenvalue weighted by Crippen LogP contribution is -2.33. The molecule has 0 amide bonds. The smallest absolute Gasteiger partial charge is 0.321 e. The van der Waals surface area contributed by atoms with Crippen molar-refractivity contribution in [1.82, 2.24) is 5.32 Å². The Morgan fingerprint density at radius 3 is 2.00 bits per heavy atom. The number of hydrogen-bond donors (Lipinski definition) is 2. The Kier molecular flexibility index (Phi) is 7.26. The lowest BCUT2D eigenvalue weighted by molar-refractivity contribution is -0.138. The third kappa shape index (κ3) is 5.70. The first-order valence-electron chi connectivity index (χ1n) is 11.1. The van der Waals surface area contributed by atoms with Gasteiger partial charge in [-0.3, -0.25) is 10.1 Å². The number of hydrogen-bond acceptors (Lipinski definition) is 5. The molecule has 2 N–H and O–H groups in total. The zero-order valence-electron chi connectivity index (χ0n) is 18.9. The molecule has 33 heavy (non-hydrogen) atoms. The van der Waals surface area contributed by atoms with Gasteiger partial charge in [-0.25, -0.2) is 0 Å². The molecule has 2 unspecified atom stereocenters. The molecule has 1 heterocycles. The molecular weight excluding hydrogens is 434 g/mol. The highest BCUT2D eigenvalue weighted by Gasteiger charge is 2.30. The fourth-order valence-electron chi connectivity index (χ4n) is 3.85. The molecule has 0 radical (unpaired) electrons. The van der Waals surface area contributed by atoms with Crippen LogP contribution in [-0.2, 0) is 10.2 Å². The summed E-state index contributed by atoms with van der Waals surface area (Å²) < 4.78 is 11.6. The number of nitrogens with one attached hydrogen (secondary N) is 1. The van der Waals surface area contributed by atoms with Gasteiger partial charge >= 0.3 is 5.97 Å². The van der Waals surface area contributed by atoms with Crippen molar-refractivity contribution in [3.63, 3.8) is 0 Å². The molecule has 6 heteroatoms. The number of benzene rings is 3. The first kappa shape index (κ1) is 23.2. The number of rotatable bonds is 9. The summed E-state index contributed by atoms with van der Waals surface area (Å²) in [5.74, 6) is 1.35. The average molecular weight is 464 g/mol. The van der Waals surface area contributed by atoms with Crippen molar-refractivity contribution in [1.29, 1.82) is 0 Å².